The van der Waals surface area contributed by atoms with Gasteiger partial charge in [-0.2, -0.15) is 4.72 Å². The van der Waals surface area contributed by atoms with Crippen LogP contribution >= 0.6 is 0 Å². The number of hydrogen-bond donors (Lipinski definition) is 3. The lowest BCUT2D eigenvalue weighted by Crippen LogP contribution is -2.52. The Balaban J connectivity index is 1.36. The van der Waals surface area contributed by atoms with Crippen molar-refractivity contribution in [1.29, 1.82) is 5.41 Å². The third-order valence-electron chi connectivity index (χ3n) is 7.93. The van der Waals surface area contributed by atoms with Gasteiger partial charge in [-0.15, -0.1) is 0 Å². The minimum absolute atomic E-state index is 0.0173. The van der Waals surface area contributed by atoms with Crippen LogP contribution in [0.5, 0.6) is 11.5 Å². The summed E-state index contributed by atoms with van der Waals surface area (Å²) < 4.78 is 40.1. The fraction of sp³-hybridized carbons (Fsp3) is 0.367. The number of amidine groups is 1. The number of methoxy groups -OCH3 is 2. The molecule has 11 nitrogen and oxygen atoms in total. The number of fused-ring (bicyclic) bond motifs is 1. The molecule has 222 valence electrons. The van der Waals surface area contributed by atoms with E-state index in [0.717, 1.165) is 23.8 Å². The average molecular weight is 594 g/mol. The van der Waals surface area contributed by atoms with E-state index >= 15 is 0 Å². The van der Waals surface area contributed by atoms with Crippen molar-refractivity contribution in [3.05, 3.63) is 65.7 Å². The van der Waals surface area contributed by atoms with Crippen LogP contribution in [0.4, 0.5) is 0 Å². The van der Waals surface area contributed by atoms with Gasteiger partial charge in [-0.1, -0.05) is 30.3 Å². The maximum Gasteiger partial charge on any atom is 0.245 e. The second kappa shape index (κ2) is 12.0. The highest BCUT2D eigenvalue weighted by atomic mass is 32.2. The van der Waals surface area contributed by atoms with Crippen molar-refractivity contribution in [2.75, 3.05) is 33.9 Å². The van der Waals surface area contributed by atoms with Crippen LogP contribution in [0.3, 0.4) is 0 Å². The van der Waals surface area contributed by atoms with Gasteiger partial charge in [0, 0.05) is 31.6 Å². The number of carbonyl (C=O) groups excluding carboxylic acids is 2. The predicted molar refractivity (Wildman–Crippen MR) is 158 cm³/mol. The van der Waals surface area contributed by atoms with Crippen molar-refractivity contribution in [2.45, 2.75) is 42.7 Å². The molecular formula is C30H35N5O6S. The van der Waals surface area contributed by atoms with Crippen molar-refractivity contribution < 1.29 is 27.5 Å². The smallest absolute Gasteiger partial charge is 0.245 e. The molecule has 2 atom stereocenters. The molecule has 0 saturated carbocycles. The van der Waals surface area contributed by atoms with E-state index in [1.807, 2.05) is 0 Å². The number of amides is 2. The molecule has 0 aliphatic carbocycles. The number of rotatable bonds is 10. The van der Waals surface area contributed by atoms with Crippen molar-refractivity contribution in [3.63, 3.8) is 0 Å². The van der Waals surface area contributed by atoms with E-state index in [1.54, 1.807) is 47.4 Å². The highest BCUT2D eigenvalue weighted by molar-refractivity contribution is 7.89. The number of likely N-dealkylation sites (tertiary alicyclic amines) is 2. The summed E-state index contributed by atoms with van der Waals surface area (Å²) in [5.41, 5.74) is 6.96. The average Bonchev–Trinajstić information content (AvgIpc) is 3.65. The lowest BCUT2D eigenvalue weighted by atomic mass is 10.0. The van der Waals surface area contributed by atoms with E-state index in [0.29, 0.717) is 35.5 Å². The fourth-order valence-electron chi connectivity index (χ4n) is 5.62. The Labute approximate surface area is 245 Å². The van der Waals surface area contributed by atoms with Gasteiger partial charge in [-0.25, -0.2) is 8.42 Å². The molecule has 0 spiro atoms. The van der Waals surface area contributed by atoms with Crippen molar-refractivity contribution in [1.82, 2.24) is 14.5 Å². The molecule has 5 rings (SSSR count). The third-order valence-corrected chi connectivity index (χ3v) is 9.40. The number of benzene rings is 3. The predicted octanol–water partition coefficient (Wildman–Crippen LogP) is 2.25. The molecule has 42 heavy (non-hydrogen) atoms. The van der Waals surface area contributed by atoms with Gasteiger partial charge >= 0.3 is 0 Å². The van der Waals surface area contributed by atoms with Gasteiger partial charge in [0.05, 0.1) is 19.1 Å². The standard InChI is InChI=1S/C30H35N5O6S/c1-40-26-17-21-9-10-23(16-22(21)18-27(26)41-2)42(38,39)33-24-11-14-35(29(24)36)25(30(37)34-12-3-4-13-34)15-19-5-7-20(8-6-19)28(31)32/h5-10,16-18,24-25,33H,3-4,11-15H2,1-2H3,(H3,31,32). The van der Waals surface area contributed by atoms with Gasteiger partial charge < -0.3 is 25.0 Å². The van der Waals surface area contributed by atoms with Crippen LogP contribution in [0.2, 0.25) is 0 Å². The van der Waals surface area contributed by atoms with Crippen molar-refractivity contribution in [3.8, 4) is 11.5 Å². The zero-order valence-corrected chi connectivity index (χ0v) is 24.4. The molecule has 3 aromatic rings. The Kier molecular flexibility index (Phi) is 8.37. The molecule has 2 aliphatic heterocycles. The van der Waals surface area contributed by atoms with E-state index in [1.165, 1.54) is 31.3 Å². The van der Waals surface area contributed by atoms with Crippen LogP contribution in [0.15, 0.2) is 59.5 Å². The minimum Gasteiger partial charge on any atom is -0.493 e. The third kappa shape index (κ3) is 5.90. The highest BCUT2D eigenvalue weighted by Gasteiger charge is 2.42. The summed E-state index contributed by atoms with van der Waals surface area (Å²) in [7, 11) is -1.02. The first-order valence-electron chi connectivity index (χ1n) is 13.8. The first-order valence-corrected chi connectivity index (χ1v) is 15.3. The van der Waals surface area contributed by atoms with Crippen molar-refractivity contribution in [2.24, 2.45) is 5.73 Å². The molecule has 3 aromatic carbocycles. The van der Waals surface area contributed by atoms with Crippen molar-refractivity contribution >= 4 is 38.4 Å². The number of nitrogens with zero attached hydrogens (tertiary/aromatic N) is 2. The molecule has 0 aromatic heterocycles. The van der Waals surface area contributed by atoms with Gasteiger partial charge in [0.15, 0.2) is 11.5 Å². The van der Waals surface area contributed by atoms with Gasteiger partial charge in [0.2, 0.25) is 21.8 Å². The fourth-order valence-corrected chi connectivity index (χ4v) is 6.88. The van der Waals surface area contributed by atoms with Gasteiger partial charge in [0.25, 0.3) is 0 Å². The van der Waals surface area contributed by atoms with Crippen LogP contribution < -0.4 is 19.9 Å². The van der Waals surface area contributed by atoms with E-state index in [9.17, 15) is 18.0 Å². The molecule has 0 radical (unpaired) electrons. The quantitative estimate of drug-likeness (QED) is 0.241. The van der Waals surface area contributed by atoms with Gasteiger partial charge in [-0.05, 0) is 59.9 Å². The van der Waals surface area contributed by atoms with Gasteiger partial charge in [-0.3, -0.25) is 15.0 Å². The molecule has 2 unspecified atom stereocenters. The summed E-state index contributed by atoms with van der Waals surface area (Å²) in [6, 6.07) is 13.4. The zero-order chi connectivity index (χ0) is 30.0. The van der Waals surface area contributed by atoms with Crippen LogP contribution in [0.1, 0.15) is 30.4 Å². The number of nitrogen functional groups attached to an aromatic ring is 1. The van der Waals surface area contributed by atoms with E-state index in [-0.39, 0.29) is 36.0 Å². The second-order valence-electron chi connectivity index (χ2n) is 10.6. The molecule has 2 heterocycles. The summed E-state index contributed by atoms with van der Waals surface area (Å²) in [4.78, 5) is 30.5. The van der Waals surface area contributed by atoms with Crippen LogP contribution in [0.25, 0.3) is 10.8 Å². The molecular weight excluding hydrogens is 558 g/mol. The number of nitrogens with two attached hydrogens (primary N) is 1. The maximum atomic E-state index is 13.6. The highest BCUT2D eigenvalue weighted by Crippen LogP contribution is 2.33. The van der Waals surface area contributed by atoms with Crippen LogP contribution in [-0.4, -0.2) is 81.8 Å². The summed E-state index contributed by atoms with van der Waals surface area (Å²) in [6.45, 7) is 1.52. The van der Waals surface area contributed by atoms with Crippen LogP contribution in [0, 0.1) is 5.41 Å². The Morgan fingerprint density at radius 2 is 1.64 bits per heavy atom. The zero-order valence-electron chi connectivity index (χ0n) is 23.6. The molecule has 4 N–H and O–H groups in total. The molecule has 2 aliphatic rings. The molecule has 12 heteroatoms. The normalized spacial score (nSPS) is 18.0. The number of carbonyl (C=O) groups is 2. The summed E-state index contributed by atoms with van der Waals surface area (Å²) >= 11 is 0. The number of nitrogens with one attached hydrogen (secondary N) is 2. The summed E-state index contributed by atoms with van der Waals surface area (Å²) in [5, 5.41) is 9.03. The Morgan fingerprint density at radius 3 is 2.26 bits per heavy atom. The van der Waals surface area contributed by atoms with E-state index in [4.69, 9.17) is 20.6 Å². The SMILES string of the molecule is COc1cc2ccc(S(=O)(=O)NC3CCN(C(Cc4ccc(C(=N)N)cc4)C(=O)N4CCCC4)C3=O)cc2cc1OC. The Hall–Kier alpha value is -4.16. The molecule has 2 amide bonds. The minimum atomic E-state index is -4.06. The first-order chi connectivity index (χ1) is 20.1. The monoisotopic (exact) mass is 593 g/mol. The number of hydrogen-bond acceptors (Lipinski definition) is 7. The molecule has 2 saturated heterocycles. The van der Waals surface area contributed by atoms with E-state index < -0.39 is 28.0 Å². The lowest BCUT2D eigenvalue weighted by Gasteiger charge is -2.31. The first kappa shape index (κ1) is 29.3. The maximum absolute atomic E-state index is 13.6. The second-order valence-corrected chi connectivity index (χ2v) is 12.3. The topological polar surface area (TPSA) is 155 Å². The summed E-state index contributed by atoms with van der Waals surface area (Å²) in [6.07, 6.45) is 2.33. The van der Waals surface area contributed by atoms with Gasteiger partial charge in [0.1, 0.15) is 17.9 Å². The van der Waals surface area contributed by atoms with Crippen LogP contribution in [-0.2, 0) is 26.0 Å². The molecule has 0 bridgehead atoms. The summed E-state index contributed by atoms with van der Waals surface area (Å²) in [5.74, 6) is 0.380. The van der Waals surface area contributed by atoms with E-state index in [2.05, 4.69) is 4.72 Å². The molecule has 2 fully saturated rings. The number of sulfonamides is 1. The Bertz CT molecular complexity index is 1620. The Morgan fingerprint density at radius 1 is 1.00 bits per heavy atom. The largest absolute Gasteiger partial charge is 0.493 e. The lowest BCUT2D eigenvalue weighted by molar-refractivity contribution is -0.143. The number of ether oxygens (including phenoxy) is 2.